The third-order valence-corrected chi connectivity index (χ3v) is 2.59. The number of nitrogens with one attached hydrogen (secondary N) is 1. The lowest BCUT2D eigenvalue weighted by Crippen LogP contribution is -2.44. The van der Waals surface area contributed by atoms with Gasteiger partial charge in [-0.3, -0.25) is 9.36 Å². The Balaban J connectivity index is 2.85. The van der Waals surface area contributed by atoms with E-state index < -0.39 is 0 Å². The molecule has 0 unspecified atom stereocenters. The Hall–Kier alpha value is -1.36. The van der Waals surface area contributed by atoms with Crippen molar-refractivity contribution in [1.29, 1.82) is 0 Å². The first kappa shape index (κ1) is 14.7. The van der Waals surface area contributed by atoms with Gasteiger partial charge >= 0.3 is 5.69 Å². The summed E-state index contributed by atoms with van der Waals surface area (Å²) in [5, 5.41) is 3.27. The fourth-order valence-corrected chi connectivity index (χ4v) is 1.72. The standard InChI is InChI=1S/C13H23N3O2/c1-5-8-15-9-6-11(17)16(12(15)18)10-7-14-13(2,3)4/h6,9,14H,5,7-8,10H2,1-4H3. The van der Waals surface area contributed by atoms with Crippen molar-refractivity contribution in [3.63, 3.8) is 0 Å². The summed E-state index contributed by atoms with van der Waals surface area (Å²) in [6.07, 6.45) is 2.44. The van der Waals surface area contributed by atoms with Crippen LogP contribution in [0.25, 0.3) is 0 Å². The topological polar surface area (TPSA) is 56.0 Å². The Kier molecular flexibility index (Phi) is 4.90. The molecule has 0 atom stereocenters. The van der Waals surface area contributed by atoms with E-state index in [1.807, 2.05) is 6.92 Å². The Morgan fingerprint density at radius 3 is 2.44 bits per heavy atom. The van der Waals surface area contributed by atoms with Crippen molar-refractivity contribution in [2.45, 2.75) is 52.7 Å². The minimum atomic E-state index is -0.233. The van der Waals surface area contributed by atoms with E-state index in [4.69, 9.17) is 0 Å². The highest BCUT2D eigenvalue weighted by atomic mass is 16.2. The Bertz CT molecular complexity index is 494. The van der Waals surface area contributed by atoms with Crippen molar-refractivity contribution in [3.8, 4) is 0 Å². The SMILES string of the molecule is CCCn1ccc(=O)n(CCNC(C)(C)C)c1=O. The Labute approximate surface area is 107 Å². The fraction of sp³-hybridized carbons (Fsp3) is 0.692. The zero-order valence-corrected chi connectivity index (χ0v) is 11.7. The molecule has 1 rings (SSSR count). The van der Waals surface area contributed by atoms with E-state index in [0.29, 0.717) is 19.6 Å². The third-order valence-electron chi connectivity index (χ3n) is 2.59. The molecule has 5 nitrogen and oxygen atoms in total. The van der Waals surface area contributed by atoms with Crippen LogP contribution in [0.2, 0.25) is 0 Å². The molecule has 0 aromatic carbocycles. The number of aryl methyl sites for hydroxylation is 1. The second-order valence-corrected chi connectivity index (χ2v) is 5.46. The molecule has 1 heterocycles. The molecule has 0 aliphatic heterocycles. The van der Waals surface area contributed by atoms with Crippen molar-refractivity contribution >= 4 is 0 Å². The minimum absolute atomic E-state index is 0.0131. The molecule has 0 radical (unpaired) electrons. The van der Waals surface area contributed by atoms with Gasteiger partial charge in [0.25, 0.3) is 5.56 Å². The maximum atomic E-state index is 12.0. The highest BCUT2D eigenvalue weighted by Gasteiger charge is 2.09. The lowest BCUT2D eigenvalue weighted by molar-refractivity contribution is 0.403. The van der Waals surface area contributed by atoms with Gasteiger partial charge in [0, 0.05) is 37.4 Å². The number of aromatic nitrogens is 2. The van der Waals surface area contributed by atoms with Crippen molar-refractivity contribution in [3.05, 3.63) is 33.1 Å². The van der Waals surface area contributed by atoms with Gasteiger partial charge in [0.2, 0.25) is 0 Å². The van der Waals surface area contributed by atoms with Crippen LogP contribution in [0.3, 0.4) is 0 Å². The molecule has 0 aliphatic rings. The highest BCUT2D eigenvalue weighted by molar-refractivity contribution is 4.86. The lowest BCUT2D eigenvalue weighted by Gasteiger charge is -2.20. The predicted octanol–water partition coefficient (Wildman–Crippen LogP) is 0.808. The van der Waals surface area contributed by atoms with Crippen molar-refractivity contribution < 1.29 is 0 Å². The van der Waals surface area contributed by atoms with E-state index in [1.165, 1.54) is 10.6 Å². The van der Waals surface area contributed by atoms with Crippen LogP contribution < -0.4 is 16.6 Å². The molecule has 1 aromatic rings. The van der Waals surface area contributed by atoms with Gasteiger partial charge in [-0.25, -0.2) is 4.79 Å². The molecule has 1 N–H and O–H groups in total. The number of hydrogen-bond donors (Lipinski definition) is 1. The summed E-state index contributed by atoms with van der Waals surface area (Å²) in [6.45, 7) is 9.81. The molecule has 0 spiro atoms. The Morgan fingerprint density at radius 2 is 1.89 bits per heavy atom. The first-order valence-corrected chi connectivity index (χ1v) is 6.40. The number of rotatable bonds is 5. The summed E-state index contributed by atoms with van der Waals surface area (Å²) in [6, 6.07) is 1.45. The average molecular weight is 253 g/mol. The molecule has 0 aliphatic carbocycles. The van der Waals surface area contributed by atoms with Crippen LogP contribution in [0.1, 0.15) is 34.1 Å². The van der Waals surface area contributed by atoms with Crippen LogP contribution >= 0.6 is 0 Å². The number of nitrogens with zero attached hydrogens (tertiary/aromatic N) is 2. The summed E-state index contributed by atoms with van der Waals surface area (Å²) < 4.78 is 2.87. The van der Waals surface area contributed by atoms with Gasteiger partial charge in [-0.1, -0.05) is 6.92 Å². The van der Waals surface area contributed by atoms with Crippen LogP contribution in [0.4, 0.5) is 0 Å². The van der Waals surface area contributed by atoms with E-state index in [2.05, 4.69) is 26.1 Å². The molecule has 102 valence electrons. The molecule has 5 heteroatoms. The summed E-state index contributed by atoms with van der Waals surface area (Å²) in [5.41, 5.74) is -0.469. The van der Waals surface area contributed by atoms with E-state index in [-0.39, 0.29) is 16.8 Å². The first-order chi connectivity index (χ1) is 8.35. The maximum Gasteiger partial charge on any atom is 0.331 e. The predicted molar refractivity (Wildman–Crippen MR) is 73.0 cm³/mol. The highest BCUT2D eigenvalue weighted by Crippen LogP contribution is 1.96. The monoisotopic (exact) mass is 253 g/mol. The summed E-state index contributed by atoms with van der Waals surface area (Å²) in [7, 11) is 0. The molecule has 0 fully saturated rings. The molecule has 0 bridgehead atoms. The zero-order chi connectivity index (χ0) is 13.8. The summed E-state index contributed by atoms with van der Waals surface area (Å²) in [4.78, 5) is 23.7. The Morgan fingerprint density at radius 1 is 1.22 bits per heavy atom. The number of hydrogen-bond acceptors (Lipinski definition) is 3. The van der Waals surface area contributed by atoms with Gasteiger partial charge in [-0.2, -0.15) is 0 Å². The lowest BCUT2D eigenvalue weighted by atomic mass is 10.1. The van der Waals surface area contributed by atoms with Crippen LogP contribution in [0, 0.1) is 0 Å². The van der Waals surface area contributed by atoms with Crippen molar-refractivity contribution in [1.82, 2.24) is 14.5 Å². The molecular formula is C13H23N3O2. The smallest absolute Gasteiger partial charge is 0.310 e. The van der Waals surface area contributed by atoms with Crippen molar-refractivity contribution in [2.75, 3.05) is 6.54 Å². The normalized spacial score (nSPS) is 11.8. The second-order valence-electron chi connectivity index (χ2n) is 5.46. The molecule has 0 saturated heterocycles. The van der Waals surface area contributed by atoms with Gasteiger partial charge in [0.15, 0.2) is 0 Å². The maximum absolute atomic E-state index is 12.0. The molecule has 1 aromatic heterocycles. The first-order valence-electron chi connectivity index (χ1n) is 6.40. The fourth-order valence-electron chi connectivity index (χ4n) is 1.72. The van der Waals surface area contributed by atoms with Gasteiger partial charge in [-0.05, 0) is 27.2 Å². The van der Waals surface area contributed by atoms with Gasteiger partial charge in [0.1, 0.15) is 0 Å². The summed E-state index contributed by atoms with van der Waals surface area (Å²) in [5.74, 6) is 0. The van der Waals surface area contributed by atoms with Crippen LogP contribution in [0.15, 0.2) is 21.9 Å². The largest absolute Gasteiger partial charge is 0.331 e. The van der Waals surface area contributed by atoms with Gasteiger partial charge in [-0.15, -0.1) is 0 Å². The van der Waals surface area contributed by atoms with Crippen LogP contribution in [-0.2, 0) is 13.1 Å². The zero-order valence-electron chi connectivity index (χ0n) is 11.7. The van der Waals surface area contributed by atoms with E-state index in [0.717, 1.165) is 6.42 Å². The van der Waals surface area contributed by atoms with E-state index in [9.17, 15) is 9.59 Å². The van der Waals surface area contributed by atoms with E-state index in [1.54, 1.807) is 10.8 Å². The van der Waals surface area contributed by atoms with Crippen LogP contribution in [-0.4, -0.2) is 21.2 Å². The third kappa shape index (κ3) is 4.14. The molecular weight excluding hydrogens is 230 g/mol. The van der Waals surface area contributed by atoms with Crippen molar-refractivity contribution in [2.24, 2.45) is 0 Å². The quantitative estimate of drug-likeness (QED) is 0.845. The average Bonchev–Trinajstić information content (AvgIpc) is 2.26. The van der Waals surface area contributed by atoms with Gasteiger partial charge in [0.05, 0.1) is 0 Å². The van der Waals surface area contributed by atoms with E-state index >= 15 is 0 Å². The van der Waals surface area contributed by atoms with Gasteiger partial charge < -0.3 is 9.88 Å². The second kappa shape index (κ2) is 6.00. The molecule has 18 heavy (non-hydrogen) atoms. The molecule has 0 amide bonds. The molecule has 0 saturated carbocycles. The van der Waals surface area contributed by atoms with Crippen LogP contribution in [0.5, 0.6) is 0 Å². The minimum Gasteiger partial charge on any atom is -0.310 e. The summed E-state index contributed by atoms with van der Waals surface area (Å²) >= 11 is 0.